The summed E-state index contributed by atoms with van der Waals surface area (Å²) in [6, 6.07) is 12.3. The molecular formula is C18H18BrN5. The number of nitrogens with zero attached hydrogens (tertiary/aromatic N) is 5. The average Bonchev–Trinajstić information content (AvgIpc) is 2.89. The zero-order chi connectivity index (χ0) is 16.4. The van der Waals surface area contributed by atoms with Gasteiger partial charge in [-0.15, -0.1) is 5.10 Å². The lowest BCUT2D eigenvalue weighted by Gasteiger charge is -2.25. The van der Waals surface area contributed by atoms with Crippen molar-refractivity contribution >= 4 is 38.3 Å². The minimum absolute atomic E-state index is 0.941. The van der Waals surface area contributed by atoms with Crippen molar-refractivity contribution in [1.29, 1.82) is 0 Å². The number of halogens is 1. The van der Waals surface area contributed by atoms with Gasteiger partial charge in [0.25, 0.3) is 0 Å². The Morgan fingerprint density at radius 3 is 2.62 bits per heavy atom. The molecule has 1 saturated heterocycles. The minimum Gasteiger partial charge on any atom is -0.369 e. The highest BCUT2D eigenvalue weighted by molar-refractivity contribution is 9.10. The van der Waals surface area contributed by atoms with Gasteiger partial charge in [-0.3, -0.25) is 4.98 Å². The fourth-order valence-electron chi connectivity index (χ4n) is 3.25. The molecule has 0 atom stereocenters. The van der Waals surface area contributed by atoms with Gasteiger partial charge >= 0.3 is 0 Å². The molecule has 0 amide bonds. The molecule has 3 heterocycles. The van der Waals surface area contributed by atoms with E-state index in [1.165, 1.54) is 11.1 Å². The van der Waals surface area contributed by atoms with E-state index in [1.807, 2.05) is 24.4 Å². The van der Waals surface area contributed by atoms with Crippen LogP contribution in [-0.4, -0.2) is 41.4 Å². The number of aromatic nitrogens is 3. The summed E-state index contributed by atoms with van der Waals surface area (Å²) in [4.78, 5) is 9.28. The second-order valence-corrected chi connectivity index (χ2v) is 6.73. The first-order chi connectivity index (χ1) is 11.8. The van der Waals surface area contributed by atoms with Crippen molar-refractivity contribution in [2.75, 3.05) is 36.0 Å². The molecule has 0 radical (unpaired) electrons. The van der Waals surface area contributed by atoms with Gasteiger partial charge in [-0.2, -0.15) is 5.10 Å². The zero-order valence-corrected chi connectivity index (χ0v) is 14.9. The normalized spacial score (nSPS) is 15.5. The Morgan fingerprint density at radius 2 is 1.75 bits per heavy atom. The van der Waals surface area contributed by atoms with Gasteiger partial charge in [0.2, 0.25) is 0 Å². The molecule has 2 aromatic heterocycles. The summed E-state index contributed by atoms with van der Waals surface area (Å²) in [6.45, 7) is 3.93. The fraction of sp³-hybridized carbons (Fsp3) is 0.278. The van der Waals surface area contributed by atoms with E-state index in [0.717, 1.165) is 48.4 Å². The van der Waals surface area contributed by atoms with Crippen LogP contribution in [-0.2, 0) is 0 Å². The van der Waals surface area contributed by atoms with Crippen LogP contribution in [0.3, 0.4) is 0 Å². The van der Waals surface area contributed by atoms with Crippen LogP contribution in [0.1, 0.15) is 6.42 Å². The predicted molar refractivity (Wildman–Crippen MR) is 101 cm³/mol. The Balaban J connectivity index is 1.61. The summed E-state index contributed by atoms with van der Waals surface area (Å²) in [5.74, 6) is 0.960. The van der Waals surface area contributed by atoms with Crippen LogP contribution in [0.4, 0.5) is 11.5 Å². The van der Waals surface area contributed by atoms with Gasteiger partial charge in [0.1, 0.15) is 0 Å². The van der Waals surface area contributed by atoms with Crippen molar-refractivity contribution < 1.29 is 0 Å². The van der Waals surface area contributed by atoms with Gasteiger partial charge in [0.15, 0.2) is 5.82 Å². The van der Waals surface area contributed by atoms with E-state index in [1.54, 1.807) is 6.20 Å². The number of anilines is 2. The number of hydrogen-bond acceptors (Lipinski definition) is 5. The molecule has 1 aliphatic heterocycles. The highest BCUT2D eigenvalue weighted by Crippen LogP contribution is 2.30. The Morgan fingerprint density at radius 1 is 0.875 bits per heavy atom. The lowest BCUT2D eigenvalue weighted by Crippen LogP contribution is -2.31. The summed E-state index contributed by atoms with van der Waals surface area (Å²) in [5, 5.41) is 9.44. The lowest BCUT2D eigenvalue weighted by molar-refractivity contribution is 0.786. The Hall–Kier alpha value is -2.21. The van der Waals surface area contributed by atoms with E-state index < -0.39 is 0 Å². The first kappa shape index (κ1) is 15.3. The summed E-state index contributed by atoms with van der Waals surface area (Å²) in [5.41, 5.74) is 2.27. The SMILES string of the molecule is Brc1cccc2c(N3CCCN(c4cccnn4)CC3)ccnc12. The van der Waals surface area contributed by atoms with Crippen LogP contribution in [0.5, 0.6) is 0 Å². The van der Waals surface area contributed by atoms with Gasteiger partial charge in [-0.25, -0.2) is 0 Å². The molecule has 0 unspecified atom stereocenters. The number of rotatable bonds is 2. The van der Waals surface area contributed by atoms with E-state index >= 15 is 0 Å². The first-order valence-electron chi connectivity index (χ1n) is 8.14. The van der Waals surface area contributed by atoms with E-state index in [0.29, 0.717) is 0 Å². The van der Waals surface area contributed by atoms with Crippen LogP contribution in [0.2, 0.25) is 0 Å². The Labute approximate surface area is 149 Å². The van der Waals surface area contributed by atoms with Crippen LogP contribution in [0, 0.1) is 0 Å². The molecule has 0 bridgehead atoms. The van der Waals surface area contributed by atoms with Crippen molar-refractivity contribution in [2.24, 2.45) is 0 Å². The van der Waals surface area contributed by atoms with Gasteiger partial charge < -0.3 is 9.80 Å². The molecule has 122 valence electrons. The number of benzene rings is 1. The van der Waals surface area contributed by atoms with E-state index in [2.05, 4.69) is 59.1 Å². The largest absolute Gasteiger partial charge is 0.369 e. The molecule has 24 heavy (non-hydrogen) atoms. The highest BCUT2D eigenvalue weighted by atomic mass is 79.9. The molecule has 4 rings (SSSR count). The maximum atomic E-state index is 4.52. The topological polar surface area (TPSA) is 45.2 Å². The van der Waals surface area contributed by atoms with Crippen molar-refractivity contribution in [3.05, 3.63) is 53.3 Å². The van der Waals surface area contributed by atoms with Gasteiger partial charge in [-0.1, -0.05) is 12.1 Å². The smallest absolute Gasteiger partial charge is 0.151 e. The molecule has 1 aliphatic rings. The van der Waals surface area contributed by atoms with Gasteiger partial charge in [0, 0.05) is 54.1 Å². The first-order valence-corrected chi connectivity index (χ1v) is 8.93. The number of pyridine rings is 1. The Kier molecular flexibility index (Phi) is 4.30. The molecule has 1 fully saturated rings. The van der Waals surface area contributed by atoms with Crippen LogP contribution in [0.25, 0.3) is 10.9 Å². The maximum absolute atomic E-state index is 4.52. The average molecular weight is 384 g/mol. The van der Waals surface area contributed by atoms with E-state index in [4.69, 9.17) is 0 Å². The monoisotopic (exact) mass is 383 g/mol. The van der Waals surface area contributed by atoms with Crippen LogP contribution >= 0.6 is 15.9 Å². The molecule has 0 spiro atoms. The zero-order valence-electron chi connectivity index (χ0n) is 13.3. The molecule has 0 N–H and O–H groups in total. The summed E-state index contributed by atoms with van der Waals surface area (Å²) >= 11 is 3.61. The fourth-order valence-corrected chi connectivity index (χ4v) is 3.72. The number of hydrogen-bond donors (Lipinski definition) is 0. The van der Waals surface area contributed by atoms with E-state index in [-0.39, 0.29) is 0 Å². The van der Waals surface area contributed by atoms with Crippen molar-refractivity contribution in [3.63, 3.8) is 0 Å². The molecule has 0 aliphatic carbocycles. The Bertz CT molecular complexity index is 839. The summed E-state index contributed by atoms with van der Waals surface area (Å²) < 4.78 is 1.04. The molecular weight excluding hydrogens is 366 g/mol. The standard InChI is InChI=1S/C18H18BrN5/c19-15-5-1-4-14-16(7-9-20-18(14)15)23-10-3-11-24(13-12-23)17-6-2-8-21-22-17/h1-2,4-9H,3,10-13H2. The van der Waals surface area contributed by atoms with Crippen LogP contribution < -0.4 is 9.80 Å². The van der Waals surface area contributed by atoms with Crippen LogP contribution in [0.15, 0.2) is 53.3 Å². The third-order valence-corrected chi connectivity index (χ3v) is 5.06. The quantitative estimate of drug-likeness (QED) is 0.677. The molecule has 3 aromatic rings. The second-order valence-electron chi connectivity index (χ2n) is 5.88. The van der Waals surface area contributed by atoms with Gasteiger partial charge in [0.05, 0.1) is 5.52 Å². The lowest BCUT2D eigenvalue weighted by atomic mass is 10.1. The van der Waals surface area contributed by atoms with E-state index in [9.17, 15) is 0 Å². The summed E-state index contributed by atoms with van der Waals surface area (Å²) in [7, 11) is 0. The molecule has 0 saturated carbocycles. The number of fused-ring (bicyclic) bond motifs is 1. The van der Waals surface area contributed by atoms with Crippen molar-refractivity contribution in [2.45, 2.75) is 6.42 Å². The molecule has 5 nitrogen and oxygen atoms in total. The molecule has 6 heteroatoms. The third kappa shape index (κ3) is 2.94. The second kappa shape index (κ2) is 6.73. The van der Waals surface area contributed by atoms with Gasteiger partial charge in [-0.05, 0) is 46.6 Å². The third-order valence-electron chi connectivity index (χ3n) is 4.42. The maximum Gasteiger partial charge on any atom is 0.151 e. The van der Waals surface area contributed by atoms with Crippen molar-refractivity contribution in [3.8, 4) is 0 Å². The summed E-state index contributed by atoms with van der Waals surface area (Å²) in [6.07, 6.45) is 4.71. The predicted octanol–water partition coefficient (Wildman–Crippen LogP) is 3.50. The van der Waals surface area contributed by atoms with Crippen molar-refractivity contribution in [1.82, 2.24) is 15.2 Å². The number of para-hydroxylation sites is 1. The minimum atomic E-state index is 0.941. The highest BCUT2D eigenvalue weighted by Gasteiger charge is 2.18. The molecule has 1 aromatic carbocycles.